The first-order valence-electron chi connectivity index (χ1n) is 6.37. The van der Waals surface area contributed by atoms with E-state index >= 15 is 0 Å². The Morgan fingerprint density at radius 1 is 1.27 bits per heavy atom. The third-order valence-corrected chi connectivity index (χ3v) is 3.43. The van der Waals surface area contributed by atoms with Gasteiger partial charge in [0.2, 0.25) is 0 Å². The van der Waals surface area contributed by atoms with Gasteiger partial charge in [-0.1, -0.05) is 11.6 Å². The molecule has 0 bridgehead atoms. The van der Waals surface area contributed by atoms with Crippen molar-refractivity contribution in [2.75, 3.05) is 12.4 Å². The fraction of sp³-hybridized carbons (Fsp3) is 0.0667. The SMILES string of the molecule is COc1ccc2c(Nc3ccc(F)cc3Cl)nc(=O)[nH]c2c1. The number of nitrogens with zero attached hydrogens (tertiary/aromatic N) is 1. The summed E-state index contributed by atoms with van der Waals surface area (Å²) in [6, 6.07) is 9.14. The van der Waals surface area contributed by atoms with E-state index in [2.05, 4.69) is 15.3 Å². The van der Waals surface area contributed by atoms with Crippen LogP contribution in [0.3, 0.4) is 0 Å². The van der Waals surface area contributed by atoms with E-state index in [-0.39, 0.29) is 5.02 Å². The number of halogens is 2. The lowest BCUT2D eigenvalue weighted by Crippen LogP contribution is -2.12. The molecule has 22 heavy (non-hydrogen) atoms. The van der Waals surface area contributed by atoms with E-state index in [1.54, 1.807) is 18.2 Å². The molecule has 2 N–H and O–H groups in total. The van der Waals surface area contributed by atoms with Crippen LogP contribution in [0.4, 0.5) is 15.9 Å². The van der Waals surface area contributed by atoms with Crippen LogP contribution in [-0.2, 0) is 0 Å². The molecule has 1 aromatic heterocycles. The first kappa shape index (κ1) is 14.3. The lowest BCUT2D eigenvalue weighted by atomic mass is 10.2. The summed E-state index contributed by atoms with van der Waals surface area (Å²) in [5.41, 5.74) is 0.514. The van der Waals surface area contributed by atoms with Crippen LogP contribution in [0.1, 0.15) is 0 Å². The summed E-state index contributed by atoms with van der Waals surface area (Å²) in [5, 5.41) is 3.83. The standard InChI is InChI=1S/C15H11ClFN3O2/c1-22-9-3-4-10-13(7-9)19-15(21)20-14(10)18-12-5-2-8(17)6-11(12)16/h2-7H,1H3,(H2,18,19,20,21). The highest BCUT2D eigenvalue weighted by molar-refractivity contribution is 6.33. The molecule has 0 aliphatic rings. The molecule has 0 unspecified atom stereocenters. The van der Waals surface area contributed by atoms with Gasteiger partial charge < -0.3 is 15.0 Å². The van der Waals surface area contributed by atoms with Gasteiger partial charge in [-0.15, -0.1) is 0 Å². The molecule has 5 nitrogen and oxygen atoms in total. The van der Waals surface area contributed by atoms with Crippen LogP contribution < -0.4 is 15.7 Å². The molecular formula is C15H11ClFN3O2. The summed E-state index contributed by atoms with van der Waals surface area (Å²) in [6.07, 6.45) is 0. The molecule has 7 heteroatoms. The average Bonchev–Trinajstić information content (AvgIpc) is 2.49. The highest BCUT2D eigenvalue weighted by atomic mass is 35.5. The third-order valence-electron chi connectivity index (χ3n) is 3.12. The molecule has 3 rings (SSSR count). The van der Waals surface area contributed by atoms with Gasteiger partial charge in [-0.25, -0.2) is 9.18 Å². The summed E-state index contributed by atoms with van der Waals surface area (Å²) >= 11 is 5.98. The number of hydrogen-bond donors (Lipinski definition) is 2. The Balaban J connectivity index is 2.12. The van der Waals surface area contributed by atoms with Crippen LogP contribution in [0.5, 0.6) is 5.75 Å². The maximum Gasteiger partial charge on any atom is 0.347 e. The first-order valence-corrected chi connectivity index (χ1v) is 6.75. The van der Waals surface area contributed by atoms with Gasteiger partial charge in [0.05, 0.1) is 23.3 Å². The van der Waals surface area contributed by atoms with E-state index in [0.29, 0.717) is 28.2 Å². The van der Waals surface area contributed by atoms with E-state index in [9.17, 15) is 9.18 Å². The highest BCUT2D eigenvalue weighted by Gasteiger charge is 2.09. The predicted octanol–water partition coefficient (Wildman–Crippen LogP) is 3.47. The molecule has 0 saturated carbocycles. The van der Waals surface area contributed by atoms with E-state index in [4.69, 9.17) is 16.3 Å². The molecule has 2 aromatic carbocycles. The van der Waals surface area contributed by atoms with Crippen LogP contribution in [0.2, 0.25) is 5.02 Å². The molecule has 0 radical (unpaired) electrons. The van der Waals surface area contributed by atoms with Crippen LogP contribution >= 0.6 is 11.6 Å². The molecule has 0 fully saturated rings. The second kappa shape index (κ2) is 5.65. The maximum atomic E-state index is 13.1. The summed E-state index contributed by atoms with van der Waals surface area (Å²) in [5.74, 6) is 0.499. The molecular weight excluding hydrogens is 309 g/mol. The van der Waals surface area contributed by atoms with Crippen molar-refractivity contribution < 1.29 is 9.13 Å². The lowest BCUT2D eigenvalue weighted by molar-refractivity contribution is 0.415. The zero-order valence-corrected chi connectivity index (χ0v) is 12.2. The van der Waals surface area contributed by atoms with Crippen molar-refractivity contribution in [3.63, 3.8) is 0 Å². The van der Waals surface area contributed by atoms with Gasteiger partial charge in [-0.05, 0) is 30.3 Å². The van der Waals surface area contributed by atoms with Crippen molar-refractivity contribution in [3.8, 4) is 5.75 Å². The number of hydrogen-bond acceptors (Lipinski definition) is 4. The molecule has 3 aromatic rings. The van der Waals surface area contributed by atoms with Crippen molar-refractivity contribution in [2.45, 2.75) is 0 Å². The van der Waals surface area contributed by atoms with E-state index < -0.39 is 11.5 Å². The highest BCUT2D eigenvalue weighted by Crippen LogP contribution is 2.29. The molecule has 0 spiro atoms. The Bertz CT molecular complexity index is 911. The normalized spacial score (nSPS) is 10.7. The number of anilines is 2. The second-order valence-corrected chi connectivity index (χ2v) is 4.96. The van der Waals surface area contributed by atoms with Gasteiger partial charge in [0.1, 0.15) is 17.4 Å². The predicted molar refractivity (Wildman–Crippen MR) is 83.6 cm³/mol. The topological polar surface area (TPSA) is 67.0 Å². The number of aromatic nitrogens is 2. The zero-order chi connectivity index (χ0) is 15.7. The summed E-state index contributed by atoms with van der Waals surface area (Å²) in [6.45, 7) is 0. The summed E-state index contributed by atoms with van der Waals surface area (Å²) in [4.78, 5) is 18.2. The minimum absolute atomic E-state index is 0.198. The number of methoxy groups -OCH3 is 1. The lowest BCUT2D eigenvalue weighted by Gasteiger charge is -2.10. The van der Waals surface area contributed by atoms with Crippen molar-refractivity contribution in [1.82, 2.24) is 9.97 Å². The quantitative estimate of drug-likeness (QED) is 0.775. The number of fused-ring (bicyclic) bond motifs is 1. The summed E-state index contributed by atoms with van der Waals surface area (Å²) < 4.78 is 18.2. The van der Waals surface area contributed by atoms with Gasteiger partial charge in [-0.3, -0.25) is 0 Å². The molecule has 0 atom stereocenters. The molecule has 0 amide bonds. The van der Waals surface area contributed by atoms with E-state index in [1.807, 2.05) is 0 Å². The zero-order valence-electron chi connectivity index (χ0n) is 11.5. The monoisotopic (exact) mass is 319 g/mol. The molecule has 1 heterocycles. The number of rotatable bonds is 3. The fourth-order valence-corrected chi connectivity index (χ4v) is 2.29. The largest absolute Gasteiger partial charge is 0.497 e. The van der Waals surface area contributed by atoms with Crippen LogP contribution in [0.15, 0.2) is 41.2 Å². The molecule has 112 valence electrons. The number of benzene rings is 2. The van der Waals surface area contributed by atoms with Crippen molar-refractivity contribution >= 4 is 34.0 Å². The number of aromatic amines is 1. The van der Waals surface area contributed by atoms with Crippen LogP contribution in [0.25, 0.3) is 10.9 Å². The van der Waals surface area contributed by atoms with Gasteiger partial charge in [-0.2, -0.15) is 4.98 Å². The smallest absolute Gasteiger partial charge is 0.347 e. The van der Waals surface area contributed by atoms with Crippen molar-refractivity contribution in [3.05, 3.63) is 57.7 Å². The van der Waals surface area contributed by atoms with Crippen molar-refractivity contribution in [1.29, 1.82) is 0 Å². The minimum Gasteiger partial charge on any atom is -0.497 e. The summed E-state index contributed by atoms with van der Waals surface area (Å²) in [7, 11) is 1.54. The Morgan fingerprint density at radius 3 is 2.82 bits per heavy atom. The van der Waals surface area contributed by atoms with Gasteiger partial charge in [0.15, 0.2) is 0 Å². The van der Waals surface area contributed by atoms with Crippen LogP contribution in [-0.4, -0.2) is 17.1 Å². The van der Waals surface area contributed by atoms with E-state index in [0.717, 1.165) is 0 Å². The second-order valence-electron chi connectivity index (χ2n) is 4.55. The minimum atomic E-state index is -0.513. The van der Waals surface area contributed by atoms with Gasteiger partial charge in [0, 0.05) is 11.5 Å². The number of nitrogens with one attached hydrogen (secondary N) is 2. The van der Waals surface area contributed by atoms with Gasteiger partial charge in [0.25, 0.3) is 0 Å². The number of H-pyrrole nitrogens is 1. The Labute approximate surface area is 129 Å². The first-order chi connectivity index (χ1) is 10.6. The van der Waals surface area contributed by atoms with Crippen LogP contribution in [0, 0.1) is 5.82 Å². The molecule has 0 saturated heterocycles. The Morgan fingerprint density at radius 2 is 2.09 bits per heavy atom. The van der Waals surface area contributed by atoms with Gasteiger partial charge >= 0.3 is 5.69 Å². The number of ether oxygens (including phenoxy) is 1. The Kier molecular flexibility index (Phi) is 3.68. The molecule has 0 aliphatic carbocycles. The average molecular weight is 320 g/mol. The maximum absolute atomic E-state index is 13.1. The Hall–Kier alpha value is -2.60. The fourth-order valence-electron chi connectivity index (χ4n) is 2.08. The van der Waals surface area contributed by atoms with E-state index in [1.165, 1.54) is 25.3 Å². The van der Waals surface area contributed by atoms with Crippen molar-refractivity contribution in [2.24, 2.45) is 0 Å². The third kappa shape index (κ3) is 2.73. The molecule has 0 aliphatic heterocycles.